The van der Waals surface area contributed by atoms with Gasteiger partial charge in [-0.15, -0.1) is 0 Å². The number of ether oxygens (including phenoxy) is 2. The molecule has 1 aliphatic heterocycles. The zero-order valence-corrected chi connectivity index (χ0v) is 17.5. The number of nitrogens with zero attached hydrogens (tertiary/aromatic N) is 7. The summed E-state index contributed by atoms with van der Waals surface area (Å²) in [6, 6.07) is 12.1. The number of methoxy groups -OCH3 is 2. The van der Waals surface area contributed by atoms with Crippen LogP contribution in [0.1, 0.15) is 10.4 Å². The summed E-state index contributed by atoms with van der Waals surface area (Å²) < 4.78 is 12.0. The zero-order chi connectivity index (χ0) is 22.7. The summed E-state index contributed by atoms with van der Waals surface area (Å²) in [6.07, 6.45) is 0. The van der Waals surface area contributed by atoms with Crippen molar-refractivity contribution in [2.45, 2.75) is 0 Å². The zero-order valence-electron chi connectivity index (χ0n) is 17.5. The van der Waals surface area contributed by atoms with Crippen molar-refractivity contribution < 1.29 is 19.2 Å². The number of anilines is 1. The maximum absolute atomic E-state index is 13.1. The second-order valence-electron chi connectivity index (χ2n) is 6.99. The first-order chi connectivity index (χ1) is 15.5. The number of para-hydroxylation sites is 1. The van der Waals surface area contributed by atoms with Crippen molar-refractivity contribution in [1.29, 1.82) is 0 Å². The molecule has 166 valence electrons. The fourth-order valence-electron chi connectivity index (χ4n) is 3.59. The molecule has 0 unspecified atom stereocenters. The van der Waals surface area contributed by atoms with Crippen molar-refractivity contribution in [3.8, 4) is 17.2 Å². The first-order valence-corrected chi connectivity index (χ1v) is 9.82. The van der Waals surface area contributed by atoms with E-state index >= 15 is 0 Å². The van der Waals surface area contributed by atoms with Gasteiger partial charge in [0.05, 0.1) is 30.9 Å². The summed E-state index contributed by atoms with van der Waals surface area (Å²) in [6.45, 7) is 1.65. The van der Waals surface area contributed by atoms with Crippen molar-refractivity contribution in [3.05, 3.63) is 58.1 Å². The van der Waals surface area contributed by atoms with E-state index in [2.05, 4.69) is 15.5 Å². The quantitative estimate of drug-likeness (QED) is 0.415. The molecule has 0 aliphatic carbocycles. The van der Waals surface area contributed by atoms with Gasteiger partial charge in [0.25, 0.3) is 11.6 Å². The third-order valence-electron chi connectivity index (χ3n) is 5.23. The van der Waals surface area contributed by atoms with Gasteiger partial charge in [-0.05, 0) is 22.6 Å². The van der Waals surface area contributed by atoms with E-state index in [0.29, 0.717) is 32.1 Å². The molecule has 32 heavy (non-hydrogen) atoms. The Hall–Kier alpha value is -4.22. The number of hydrogen-bond acceptors (Lipinski definition) is 9. The van der Waals surface area contributed by atoms with Crippen LogP contribution in [0.15, 0.2) is 42.5 Å². The van der Waals surface area contributed by atoms with E-state index in [9.17, 15) is 14.9 Å². The highest BCUT2D eigenvalue weighted by Crippen LogP contribution is 2.35. The predicted octanol–water partition coefficient (Wildman–Crippen LogP) is 1.55. The lowest BCUT2D eigenvalue weighted by Gasteiger charge is -2.34. The number of carbonyl (C=O) groups excluding carboxylic acids is 1. The molecule has 0 spiro atoms. The van der Waals surface area contributed by atoms with E-state index in [0.717, 1.165) is 5.69 Å². The van der Waals surface area contributed by atoms with Crippen LogP contribution in [0.5, 0.6) is 11.5 Å². The van der Waals surface area contributed by atoms with Crippen LogP contribution in [0, 0.1) is 10.1 Å². The molecule has 1 aromatic heterocycles. The van der Waals surface area contributed by atoms with E-state index in [1.54, 1.807) is 9.58 Å². The number of tetrazole rings is 1. The molecule has 0 saturated carbocycles. The van der Waals surface area contributed by atoms with Gasteiger partial charge in [0.15, 0.2) is 11.5 Å². The molecular weight excluding hydrogens is 418 g/mol. The van der Waals surface area contributed by atoms with Crippen LogP contribution in [0.2, 0.25) is 0 Å². The van der Waals surface area contributed by atoms with Crippen molar-refractivity contribution in [2.24, 2.45) is 0 Å². The molecule has 1 fully saturated rings. The molecule has 0 bridgehead atoms. The average molecular weight is 439 g/mol. The second kappa shape index (κ2) is 8.88. The normalized spacial score (nSPS) is 13.7. The summed E-state index contributed by atoms with van der Waals surface area (Å²) in [4.78, 5) is 27.6. The molecule has 3 aromatic rings. The Morgan fingerprint density at radius 2 is 1.69 bits per heavy atom. The molecule has 12 nitrogen and oxygen atoms in total. The fourth-order valence-corrected chi connectivity index (χ4v) is 3.59. The number of piperazine rings is 1. The van der Waals surface area contributed by atoms with Crippen LogP contribution >= 0.6 is 0 Å². The number of amides is 1. The van der Waals surface area contributed by atoms with Crippen LogP contribution in [0.4, 0.5) is 11.6 Å². The Kier molecular flexibility index (Phi) is 5.83. The van der Waals surface area contributed by atoms with Gasteiger partial charge in [-0.3, -0.25) is 14.9 Å². The monoisotopic (exact) mass is 439 g/mol. The smallest absolute Gasteiger partial charge is 0.286 e. The summed E-state index contributed by atoms with van der Waals surface area (Å²) >= 11 is 0. The summed E-state index contributed by atoms with van der Waals surface area (Å²) in [5.74, 6) is 0.566. The van der Waals surface area contributed by atoms with E-state index in [4.69, 9.17) is 9.47 Å². The predicted molar refractivity (Wildman–Crippen MR) is 113 cm³/mol. The van der Waals surface area contributed by atoms with Gasteiger partial charge in [0.2, 0.25) is 5.95 Å². The highest BCUT2D eigenvalue weighted by Gasteiger charge is 2.31. The van der Waals surface area contributed by atoms with Gasteiger partial charge in [-0.25, -0.2) is 0 Å². The highest BCUT2D eigenvalue weighted by molar-refractivity contribution is 5.99. The Balaban J connectivity index is 1.53. The molecule has 1 amide bonds. The number of rotatable bonds is 6. The SMILES string of the molecule is COc1cc(C(=O)N2CCN(c3nnnn3-c3ccccc3)CC2)c([N+](=O)[O-])cc1OC. The van der Waals surface area contributed by atoms with Gasteiger partial charge >= 0.3 is 0 Å². The molecule has 2 aromatic carbocycles. The van der Waals surface area contributed by atoms with Gasteiger partial charge in [-0.2, -0.15) is 4.68 Å². The molecule has 1 saturated heterocycles. The van der Waals surface area contributed by atoms with Crippen LogP contribution in [-0.4, -0.2) is 76.3 Å². The number of nitro benzene ring substituents is 1. The van der Waals surface area contributed by atoms with Crippen molar-refractivity contribution in [3.63, 3.8) is 0 Å². The maximum atomic E-state index is 13.1. The Bertz CT molecular complexity index is 1130. The summed E-state index contributed by atoms with van der Waals surface area (Å²) in [5, 5.41) is 23.5. The topological polar surface area (TPSA) is 129 Å². The van der Waals surface area contributed by atoms with Crippen molar-refractivity contribution in [2.75, 3.05) is 45.3 Å². The van der Waals surface area contributed by atoms with E-state index in [-0.39, 0.29) is 22.7 Å². The van der Waals surface area contributed by atoms with Gasteiger partial charge in [0.1, 0.15) is 5.56 Å². The van der Waals surface area contributed by atoms with E-state index in [1.165, 1.54) is 26.4 Å². The van der Waals surface area contributed by atoms with Crippen LogP contribution in [0.3, 0.4) is 0 Å². The third-order valence-corrected chi connectivity index (χ3v) is 5.23. The highest BCUT2D eigenvalue weighted by atomic mass is 16.6. The van der Waals surface area contributed by atoms with E-state index < -0.39 is 10.8 Å². The summed E-state index contributed by atoms with van der Waals surface area (Å²) in [7, 11) is 2.79. The molecule has 0 radical (unpaired) electrons. The molecule has 0 atom stereocenters. The fraction of sp³-hybridized carbons (Fsp3) is 0.300. The van der Waals surface area contributed by atoms with Crippen molar-refractivity contribution >= 4 is 17.5 Å². The minimum atomic E-state index is -0.598. The maximum Gasteiger partial charge on any atom is 0.286 e. The number of aromatic nitrogens is 4. The standard InChI is InChI=1S/C20H21N7O5/c1-31-17-12-15(16(27(29)30)13-18(17)32-2)19(28)24-8-10-25(11-9-24)20-21-22-23-26(20)14-6-4-3-5-7-14/h3-7,12-13H,8-11H2,1-2H3. The van der Waals surface area contributed by atoms with Gasteiger partial charge in [0, 0.05) is 32.2 Å². The number of carbonyl (C=O) groups is 1. The number of hydrogen-bond donors (Lipinski definition) is 0. The van der Waals surface area contributed by atoms with Crippen molar-refractivity contribution in [1.82, 2.24) is 25.1 Å². The molecule has 0 N–H and O–H groups in total. The van der Waals surface area contributed by atoms with Crippen LogP contribution in [0.25, 0.3) is 5.69 Å². The van der Waals surface area contributed by atoms with Crippen LogP contribution < -0.4 is 14.4 Å². The Morgan fingerprint density at radius 3 is 2.31 bits per heavy atom. The van der Waals surface area contributed by atoms with Crippen LogP contribution in [-0.2, 0) is 0 Å². The molecule has 1 aliphatic rings. The minimum absolute atomic E-state index is 0.0461. The molecular formula is C20H21N7O5. The minimum Gasteiger partial charge on any atom is -0.493 e. The molecule has 4 rings (SSSR count). The number of benzene rings is 2. The third kappa shape index (κ3) is 3.89. The largest absolute Gasteiger partial charge is 0.493 e. The molecule has 2 heterocycles. The average Bonchev–Trinajstić information content (AvgIpc) is 3.33. The molecule has 12 heteroatoms. The summed E-state index contributed by atoms with van der Waals surface area (Å²) in [5.41, 5.74) is 0.449. The first-order valence-electron chi connectivity index (χ1n) is 9.82. The van der Waals surface area contributed by atoms with Gasteiger partial charge in [-0.1, -0.05) is 23.3 Å². The lowest BCUT2D eigenvalue weighted by Crippen LogP contribution is -2.49. The second-order valence-corrected chi connectivity index (χ2v) is 6.99. The first kappa shape index (κ1) is 21.0. The Labute approximate surface area is 183 Å². The van der Waals surface area contributed by atoms with Gasteiger partial charge < -0.3 is 19.3 Å². The number of nitro groups is 1. The Morgan fingerprint density at radius 1 is 1.03 bits per heavy atom. The van der Waals surface area contributed by atoms with E-state index in [1.807, 2.05) is 35.2 Å². The lowest BCUT2D eigenvalue weighted by atomic mass is 10.1. The lowest BCUT2D eigenvalue weighted by molar-refractivity contribution is -0.385.